The van der Waals surface area contributed by atoms with Crippen LogP contribution in [0.1, 0.15) is 32.3 Å². The van der Waals surface area contributed by atoms with Gasteiger partial charge in [-0.2, -0.15) is 0 Å². The summed E-state index contributed by atoms with van der Waals surface area (Å²) in [7, 11) is 0. The highest BCUT2D eigenvalue weighted by molar-refractivity contribution is 5.55. The molecule has 21 heavy (non-hydrogen) atoms. The molecule has 1 aromatic carbocycles. The van der Waals surface area contributed by atoms with Crippen LogP contribution in [0.25, 0.3) is 0 Å². The van der Waals surface area contributed by atoms with Gasteiger partial charge in [-0.05, 0) is 37.9 Å². The van der Waals surface area contributed by atoms with Crippen molar-refractivity contribution in [3.8, 4) is 0 Å². The maximum absolute atomic E-state index is 14.2. The fourth-order valence-electron chi connectivity index (χ4n) is 2.98. The third-order valence-corrected chi connectivity index (χ3v) is 4.34. The predicted octanol–water partition coefficient (Wildman–Crippen LogP) is 2.64. The summed E-state index contributed by atoms with van der Waals surface area (Å²) in [4.78, 5) is 4.79. The molecular weight excluding hydrogens is 265 g/mol. The highest BCUT2D eigenvalue weighted by atomic mass is 19.1. The number of piperazine rings is 1. The number of nitrogens with two attached hydrogens (primary N) is 1. The van der Waals surface area contributed by atoms with Crippen LogP contribution in [-0.2, 0) is 6.42 Å². The number of hydrogen-bond acceptors (Lipinski definition) is 3. The lowest BCUT2D eigenvalue weighted by Gasteiger charge is -2.37. The first-order chi connectivity index (χ1) is 10.2. The SMILES string of the molecule is CCCN1CCN(c2cccc(F)c2CC(N)CC)CC1. The number of nitrogens with zero attached hydrogens (tertiary/aromatic N) is 2. The lowest BCUT2D eigenvalue weighted by atomic mass is 10.0. The molecule has 1 heterocycles. The second-order valence-electron chi connectivity index (χ2n) is 5.94. The van der Waals surface area contributed by atoms with E-state index < -0.39 is 0 Å². The zero-order chi connectivity index (χ0) is 15.2. The Labute approximate surface area is 127 Å². The highest BCUT2D eigenvalue weighted by Crippen LogP contribution is 2.26. The van der Waals surface area contributed by atoms with Crippen molar-refractivity contribution in [3.63, 3.8) is 0 Å². The van der Waals surface area contributed by atoms with E-state index in [0.717, 1.165) is 50.4 Å². The summed E-state index contributed by atoms with van der Waals surface area (Å²) in [5, 5.41) is 0. The molecule has 0 amide bonds. The van der Waals surface area contributed by atoms with E-state index >= 15 is 0 Å². The van der Waals surface area contributed by atoms with Crippen LogP contribution in [0.15, 0.2) is 18.2 Å². The van der Waals surface area contributed by atoms with Gasteiger partial charge in [-0.1, -0.05) is 19.9 Å². The van der Waals surface area contributed by atoms with Gasteiger partial charge in [-0.15, -0.1) is 0 Å². The maximum Gasteiger partial charge on any atom is 0.128 e. The maximum atomic E-state index is 14.2. The molecule has 0 radical (unpaired) electrons. The molecule has 0 aromatic heterocycles. The van der Waals surface area contributed by atoms with Crippen LogP contribution in [0.4, 0.5) is 10.1 Å². The molecule has 3 nitrogen and oxygen atoms in total. The minimum Gasteiger partial charge on any atom is -0.369 e. The fraction of sp³-hybridized carbons (Fsp3) is 0.647. The van der Waals surface area contributed by atoms with E-state index in [1.807, 2.05) is 12.1 Å². The third kappa shape index (κ3) is 4.17. The van der Waals surface area contributed by atoms with Gasteiger partial charge >= 0.3 is 0 Å². The molecule has 0 spiro atoms. The van der Waals surface area contributed by atoms with Crippen molar-refractivity contribution in [1.29, 1.82) is 0 Å². The summed E-state index contributed by atoms with van der Waals surface area (Å²) < 4.78 is 14.2. The topological polar surface area (TPSA) is 32.5 Å². The molecule has 2 N–H and O–H groups in total. The molecule has 1 atom stereocenters. The first-order valence-corrected chi connectivity index (χ1v) is 8.16. The van der Waals surface area contributed by atoms with E-state index in [-0.39, 0.29) is 11.9 Å². The van der Waals surface area contributed by atoms with Crippen molar-refractivity contribution >= 4 is 5.69 Å². The van der Waals surface area contributed by atoms with Crippen molar-refractivity contribution in [2.75, 3.05) is 37.6 Å². The van der Waals surface area contributed by atoms with Crippen LogP contribution in [0, 0.1) is 5.82 Å². The van der Waals surface area contributed by atoms with Crippen LogP contribution in [0.5, 0.6) is 0 Å². The molecule has 0 aliphatic carbocycles. The van der Waals surface area contributed by atoms with Gasteiger partial charge < -0.3 is 10.6 Å². The zero-order valence-corrected chi connectivity index (χ0v) is 13.3. The average molecular weight is 293 g/mol. The molecule has 1 aromatic rings. The Morgan fingerprint density at radius 2 is 1.90 bits per heavy atom. The van der Waals surface area contributed by atoms with E-state index in [4.69, 9.17) is 5.73 Å². The fourth-order valence-corrected chi connectivity index (χ4v) is 2.98. The lowest BCUT2D eigenvalue weighted by Crippen LogP contribution is -2.47. The molecule has 1 aliphatic rings. The minimum absolute atomic E-state index is 0.0297. The number of benzene rings is 1. The molecule has 0 bridgehead atoms. The van der Waals surface area contributed by atoms with Crippen molar-refractivity contribution in [1.82, 2.24) is 4.90 Å². The number of hydrogen-bond donors (Lipinski definition) is 1. The van der Waals surface area contributed by atoms with Crippen LogP contribution in [0.2, 0.25) is 0 Å². The van der Waals surface area contributed by atoms with E-state index in [0.29, 0.717) is 6.42 Å². The summed E-state index contributed by atoms with van der Waals surface area (Å²) in [5.41, 5.74) is 7.87. The molecule has 118 valence electrons. The quantitative estimate of drug-likeness (QED) is 0.875. The predicted molar refractivity (Wildman–Crippen MR) is 87.3 cm³/mol. The van der Waals surface area contributed by atoms with Crippen LogP contribution >= 0.6 is 0 Å². The van der Waals surface area contributed by atoms with Crippen LogP contribution < -0.4 is 10.6 Å². The van der Waals surface area contributed by atoms with Gasteiger partial charge in [-0.3, -0.25) is 4.90 Å². The van der Waals surface area contributed by atoms with Gasteiger partial charge in [0.25, 0.3) is 0 Å². The average Bonchev–Trinajstić information content (AvgIpc) is 2.50. The van der Waals surface area contributed by atoms with Gasteiger partial charge in [0.05, 0.1) is 0 Å². The number of halogens is 1. The summed E-state index contributed by atoms with van der Waals surface area (Å²) in [6.07, 6.45) is 2.68. The van der Waals surface area contributed by atoms with E-state index in [9.17, 15) is 4.39 Å². The summed E-state index contributed by atoms with van der Waals surface area (Å²) in [5.74, 6) is -0.118. The normalized spacial score (nSPS) is 18.0. The summed E-state index contributed by atoms with van der Waals surface area (Å²) in [6.45, 7) is 9.48. The second kappa shape index (κ2) is 7.76. The Kier molecular flexibility index (Phi) is 6.00. The second-order valence-corrected chi connectivity index (χ2v) is 5.94. The van der Waals surface area contributed by atoms with Gasteiger partial charge in [-0.25, -0.2) is 4.39 Å². The molecule has 1 unspecified atom stereocenters. The largest absolute Gasteiger partial charge is 0.369 e. The first-order valence-electron chi connectivity index (χ1n) is 8.16. The Balaban J connectivity index is 2.11. The van der Waals surface area contributed by atoms with E-state index in [1.165, 1.54) is 6.42 Å². The summed E-state index contributed by atoms with van der Waals surface area (Å²) in [6, 6.07) is 5.43. The Morgan fingerprint density at radius 3 is 2.52 bits per heavy atom. The Hall–Kier alpha value is -1.13. The third-order valence-electron chi connectivity index (χ3n) is 4.34. The monoisotopic (exact) mass is 293 g/mol. The lowest BCUT2D eigenvalue weighted by molar-refractivity contribution is 0.258. The molecule has 4 heteroatoms. The van der Waals surface area contributed by atoms with Gasteiger partial charge in [0.2, 0.25) is 0 Å². The minimum atomic E-state index is -0.118. The molecular formula is C17H28FN3. The smallest absolute Gasteiger partial charge is 0.128 e. The molecule has 1 aliphatic heterocycles. The van der Waals surface area contributed by atoms with Gasteiger partial charge in [0, 0.05) is 43.5 Å². The molecule has 1 saturated heterocycles. The van der Waals surface area contributed by atoms with Crippen molar-refractivity contribution < 1.29 is 4.39 Å². The zero-order valence-electron chi connectivity index (χ0n) is 13.3. The van der Waals surface area contributed by atoms with Crippen LogP contribution in [0.3, 0.4) is 0 Å². The van der Waals surface area contributed by atoms with Gasteiger partial charge in [0.1, 0.15) is 5.82 Å². The number of anilines is 1. The Bertz CT molecular complexity index is 442. The number of rotatable bonds is 6. The standard InChI is InChI=1S/C17H28FN3/c1-3-8-20-9-11-21(12-10-20)17-7-5-6-16(18)15(17)13-14(19)4-2/h5-7,14H,3-4,8-13,19H2,1-2H3. The van der Waals surface area contributed by atoms with E-state index in [2.05, 4.69) is 23.6 Å². The Morgan fingerprint density at radius 1 is 1.19 bits per heavy atom. The molecule has 1 fully saturated rings. The molecule has 2 rings (SSSR count). The van der Waals surface area contributed by atoms with Crippen LogP contribution in [-0.4, -0.2) is 43.7 Å². The van der Waals surface area contributed by atoms with E-state index in [1.54, 1.807) is 6.07 Å². The van der Waals surface area contributed by atoms with Crippen molar-refractivity contribution in [2.45, 2.75) is 39.2 Å². The molecule has 0 saturated carbocycles. The highest BCUT2D eigenvalue weighted by Gasteiger charge is 2.21. The van der Waals surface area contributed by atoms with Crippen molar-refractivity contribution in [3.05, 3.63) is 29.6 Å². The summed E-state index contributed by atoms with van der Waals surface area (Å²) >= 11 is 0. The van der Waals surface area contributed by atoms with Crippen molar-refractivity contribution in [2.24, 2.45) is 5.73 Å². The first kappa shape index (κ1) is 16.2. The van der Waals surface area contributed by atoms with Gasteiger partial charge in [0.15, 0.2) is 0 Å².